The standard InChI is InChI=1S/C22H19FN6O4S/c1-34(32)28-9-10-29(17(30)12-28)21-15-3-2-8-24-18(15)20(31)19(25-21)22-27-26-16(33-22)11-13-4-6-14(23)7-5-13/h2-8,31H,9-12H2,1H3. The van der Waals surface area contributed by atoms with Crippen LogP contribution >= 0.6 is 0 Å². The average Bonchev–Trinajstić information content (AvgIpc) is 3.29. The fourth-order valence-electron chi connectivity index (χ4n) is 3.75. The fraction of sp³-hybridized carbons (Fsp3) is 0.227. The van der Waals surface area contributed by atoms with Crippen LogP contribution in [0.3, 0.4) is 0 Å². The molecule has 0 aliphatic carbocycles. The van der Waals surface area contributed by atoms with E-state index >= 15 is 0 Å². The third kappa shape index (κ3) is 4.13. The maximum Gasteiger partial charge on any atom is 0.270 e. The van der Waals surface area contributed by atoms with Crippen molar-refractivity contribution in [2.75, 3.05) is 30.8 Å². The van der Waals surface area contributed by atoms with Crippen LogP contribution in [0.4, 0.5) is 10.2 Å². The van der Waals surface area contributed by atoms with Crippen molar-refractivity contribution in [3.8, 4) is 17.3 Å². The molecule has 34 heavy (non-hydrogen) atoms. The summed E-state index contributed by atoms with van der Waals surface area (Å²) in [5, 5.41) is 19.4. The molecule has 0 radical (unpaired) electrons. The van der Waals surface area contributed by atoms with E-state index in [1.54, 1.807) is 28.6 Å². The molecule has 1 saturated heterocycles. The molecule has 1 aromatic carbocycles. The van der Waals surface area contributed by atoms with Crippen molar-refractivity contribution in [3.05, 3.63) is 59.9 Å². The highest BCUT2D eigenvalue weighted by molar-refractivity contribution is 7.81. The first kappa shape index (κ1) is 22.0. The Labute approximate surface area is 195 Å². The van der Waals surface area contributed by atoms with Crippen LogP contribution in [0.25, 0.3) is 22.5 Å². The van der Waals surface area contributed by atoms with Crippen LogP contribution in [0.15, 0.2) is 47.0 Å². The Morgan fingerprint density at radius 1 is 1.18 bits per heavy atom. The number of nitrogens with zero attached hydrogens (tertiary/aromatic N) is 6. The molecule has 5 rings (SSSR count). The maximum atomic E-state index is 13.2. The molecule has 0 spiro atoms. The number of carbonyl (C=O) groups is 1. The molecule has 1 aliphatic rings. The Morgan fingerprint density at radius 2 is 1.97 bits per heavy atom. The highest BCUT2D eigenvalue weighted by Crippen LogP contribution is 2.37. The number of aromatic hydroxyl groups is 1. The lowest BCUT2D eigenvalue weighted by Crippen LogP contribution is -2.51. The number of piperazine rings is 1. The van der Waals surface area contributed by atoms with E-state index in [1.807, 2.05) is 0 Å². The van der Waals surface area contributed by atoms with Gasteiger partial charge in [0.1, 0.15) is 17.2 Å². The van der Waals surface area contributed by atoms with Crippen LogP contribution in [0.5, 0.6) is 5.75 Å². The Bertz CT molecular complexity index is 1410. The topological polar surface area (TPSA) is 126 Å². The number of hydrogen-bond acceptors (Lipinski definition) is 8. The van der Waals surface area contributed by atoms with Crippen molar-refractivity contribution >= 4 is 33.6 Å². The second-order valence-corrected chi connectivity index (χ2v) is 9.03. The van der Waals surface area contributed by atoms with Crippen LogP contribution < -0.4 is 4.90 Å². The number of amides is 1. The first-order valence-electron chi connectivity index (χ1n) is 10.3. The molecule has 0 saturated carbocycles. The summed E-state index contributed by atoms with van der Waals surface area (Å²) in [6.45, 7) is 0.640. The number of aromatic nitrogens is 4. The summed E-state index contributed by atoms with van der Waals surface area (Å²) >= 11 is 0. The van der Waals surface area contributed by atoms with Gasteiger partial charge < -0.3 is 9.52 Å². The number of hydrogen-bond donors (Lipinski definition) is 1. The van der Waals surface area contributed by atoms with Crippen LogP contribution in [0.1, 0.15) is 11.5 Å². The van der Waals surface area contributed by atoms with Gasteiger partial charge in [0.15, 0.2) is 11.4 Å². The van der Waals surface area contributed by atoms with Crippen molar-refractivity contribution in [1.82, 2.24) is 24.5 Å². The average molecular weight is 482 g/mol. The molecule has 3 aromatic heterocycles. The van der Waals surface area contributed by atoms with Gasteiger partial charge in [0.05, 0.1) is 24.0 Å². The lowest BCUT2D eigenvalue weighted by Gasteiger charge is -2.32. The Morgan fingerprint density at radius 3 is 2.71 bits per heavy atom. The van der Waals surface area contributed by atoms with E-state index in [0.717, 1.165) is 5.56 Å². The summed E-state index contributed by atoms with van der Waals surface area (Å²) in [7, 11) is -1.27. The van der Waals surface area contributed by atoms with E-state index in [4.69, 9.17) is 4.42 Å². The van der Waals surface area contributed by atoms with Crippen LogP contribution in [-0.2, 0) is 22.2 Å². The van der Waals surface area contributed by atoms with E-state index in [9.17, 15) is 18.5 Å². The quantitative estimate of drug-likeness (QED) is 0.458. The molecule has 1 N–H and O–H groups in total. The lowest BCUT2D eigenvalue weighted by molar-refractivity contribution is -0.119. The Kier molecular flexibility index (Phi) is 5.75. The molecule has 10 nitrogen and oxygen atoms in total. The van der Waals surface area contributed by atoms with Gasteiger partial charge in [0, 0.05) is 30.9 Å². The van der Waals surface area contributed by atoms with Gasteiger partial charge in [-0.15, -0.1) is 10.2 Å². The largest absolute Gasteiger partial charge is 0.504 e. The van der Waals surface area contributed by atoms with Crippen LogP contribution in [0.2, 0.25) is 0 Å². The van der Waals surface area contributed by atoms with E-state index in [2.05, 4.69) is 20.2 Å². The van der Waals surface area contributed by atoms with E-state index < -0.39 is 11.0 Å². The first-order chi connectivity index (χ1) is 16.4. The highest BCUT2D eigenvalue weighted by atomic mass is 32.2. The molecule has 4 heterocycles. The number of carbonyl (C=O) groups excluding carboxylic acids is 1. The molecule has 1 amide bonds. The second-order valence-electron chi connectivity index (χ2n) is 7.67. The normalized spacial score (nSPS) is 15.7. The summed E-state index contributed by atoms with van der Waals surface area (Å²) in [6, 6.07) is 9.29. The SMILES string of the molecule is CS(=O)N1CCN(c2nc(-c3nnc(Cc4ccc(F)cc4)o3)c(O)c3ncccc23)C(=O)C1. The van der Waals surface area contributed by atoms with Gasteiger partial charge in [-0.3, -0.25) is 14.7 Å². The molecule has 0 bridgehead atoms. The number of fused-ring (bicyclic) bond motifs is 1. The lowest BCUT2D eigenvalue weighted by atomic mass is 10.1. The highest BCUT2D eigenvalue weighted by Gasteiger charge is 2.31. The van der Waals surface area contributed by atoms with Gasteiger partial charge in [0.25, 0.3) is 5.89 Å². The molecular weight excluding hydrogens is 463 g/mol. The minimum absolute atomic E-state index is 0.00615. The molecule has 12 heteroatoms. The van der Waals surface area contributed by atoms with E-state index in [-0.39, 0.29) is 60.0 Å². The van der Waals surface area contributed by atoms with Gasteiger partial charge in [-0.1, -0.05) is 12.1 Å². The van der Waals surface area contributed by atoms with Crippen molar-refractivity contribution in [2.24, 2.45) is 0 Å². The van der Waals surface area contributed by atoms with Gasteiger partial charge in [-0.2, -0.15) is 0 Å². The number of halogens is 1. The van der Waals surface area contributed by atoms with Crippen LogP contribution in [0, 0.1) is 5.82 Å². The predicted octanol–water partition coefficient (Wildman–Crippen LogP) is 2.06. The zero-order chi connectivity index (χ0) is 23.8. The molecule has 4 aromatic rings. The molecule has 1 fully saturated rings. The molecular formula is C22H19FN6O4S. The Balaban J connectivity index is 1.53. The van der Waals surface area contributed by atoms with E-state index in [1.165, 1.54) is 29.5 Å². The minimum atomic E-state index is -1.27. The molecule has 1 unspecified atom stereocenters. The van der Waals surface area contributed by atoms with Gasteiger partial charge in [0.2, 0.25) is 11.8 Å². The van der Waals surface area contributed by atoms with Gasteiger partial charge in [-0.05, 0) is 29.8 Å². The third-order valence-electron chi connectivity index (χ3n) is 5.46. The Hall–Kier alpha value is -3.77. The maximum absolute atomic E-state index is 13.2. The summed E-state index contributed by atoms with van der Waals surface area (Å²) in [5.74, 6) is -0.373. The summed E-state index contributed by atoms with van der Waals surface area (Å²) in [6.07, 6.45) is 3.31. The second kappa shape index (κ2) is 8.88. The monoisotopic (exact) mass is 482 g/mol. The number of anilines is 1. The first-order valence-corrected chi connectivity index (χ1v) is 11.9. The van der Waals surface area contributed by atoms with Gasteiger partial charge >= 0.3 is 0 Å². The molecule has 174 valence electrons. The molecule has 1 atom stereocenters. The van der Waals surface area contributed by atoms with Crippen molar-refractivity contribution in [1.29, 1.82) is 0 Å². The number of pyridine rings is 2. The number of rotatable bonds is 5. The molecule has 1 aliphatic heterocycles. The minimum Gasteiger partial charge on any atom is -0.504 e. The van der Waals surface area contributed by atoms with Crippen molar-refractivity contribution in [2.45, 2.75) is 6.42 Å². The van der Waals surface area contributed by atoms with Crippen LogP contribution in [-0.4, -0.2) is 65.6 Å². The zero-order valence-electron chi connectivity index (χ0n) is 18.0. The van der Waals surface area contributed by atoms with Crippen molar-refractivity contribution < 1.29 is 22.9 Å². The summed E-state index contributed by atoms with van der Waals surface area (Å²) in [4.78, 5) is 23.1. The smallest absolute Gasteiger partial charge is 0.270 e. The summed E-state index contributed by atoms with van der Waals surface area (Å²) in [5.41, 5.74) is 0.995. The zero-order valence-corrected chi connectivity index (χ0v) is 18.8. The predicted molar refractivity (Wildman–Crippen MR) is 122 cm³/mol. The summed E-state index contributed by atoms with van der Waals surface area (Å²) < 4.78 is 32.3. The van der Waals surface area contributed by atoms with E-state index in [0.29, 0.717) is 17.7 Å². The third-order valence-corrected chi connectivity index (χ3v) is 6.50. The number of benzene rings is 1. The van der Waals surface area contributed by atoms with Gasteiger partial charge in [-0.25, -0.2) is 17.9 Å². The van der Waals surface area contributed by atoms with Crippen molar-refractivity contribution in [3.63, 3.8) is 0 Å². The fourth-order valence-corrected chi connectivity index (χ4v) is 4.38.